The molecule has 2 aromatic carbocycles. The first-order valence-corrected chi connectivity index (χ1v) is 10.3. The van der Waals surface area contributed by atoms with Gasteiger partial charge in [0.25, 0.3) is 0 Å². The third-order valence-electron chi connectivity index (χ3n) is 5.44. The zero-order valence-electron chi connectivity index (χ0n) is 17.5. The van der Waals surface area contributed by atoms with Crippen LogP contribution >= 0.6 is 13.5 Å². The molecule has 2 aliphatic rings. The molecule has 0 radical (unpaired) electrons. The number of aliphatic imine (C=N–C) groups is 2. The maximum absolute atomic E-state index is 6.18. The number of nitrogens with zero attached hydrogens (tertiary/aromatic N) is 3. The summed E-state index contributed by atoms with van der Waals surface area (Å²) in [6, 6.07) is 26.1. The Bertz CT molecular complexity index is 1020. The predicted octanol–water partition coefficient (Wildman–Crippen LogP) is 5.64. The molecule has 4 atom stereocenters. The average molecular weight is 448 g/mol. The monoisotopic (exact) mass is 447 g/mol. The molecule has 0 saturated heterocycles. The van der Waals surface area contributed by atoms with Gasteiger partial charge in [0.2, 0.25) is 11.8 Å². The minimum absolute atomic E-state index is 0. The van der Waals surface area contributed by atoms with Crippen LogP contribution in [0, 0.1) is 0 Å². The molecule has 0 spiro atoms. The van der Waals surface area contributed by atoms with E-state index in [2.05, 4.69) is 38.1 Å². The van der Waals surface area contributed by atoms with E-state index in [-0.39, 0.29) is 45.2 Å². The molecular weight excluding hydrogens is 418 g/mol. The Kier molecular flexibility index (Phi) is 7.36. The molecule has 5 rings (SSSR count). The second-order valence-corrected chi connectivity index (χ2v) is 7.66. The Morgan fingerprint density at radius 2 is 1.00 bits per heavy atom. The average Bonchev–Trinajstić information content (AvgIpc) is 3.38. The molecule has 0 unspecified atom stereocenters. The largest absolute Gasteiger partial charge is 0.466 e. The van der Waals surface area contributed by atoms with Gasteiger partial charge in [-0.1, -0.05) is 74.2 Å². The van der Waals surface area contributed by atoms with Crippen LogP contribution in [0.5, 0.6) is 0 Å². The van der Waals surface area contributed by atoms with Crippen molar-refractivity contribution in [1.82, 2.24) is 4.98 Å². The summed E-state index contributed by atoms with van der Waals surface area (Å²) in [4.78, 5) is 14.2. The van der Waals surface area contributed by atoms with Gasteiger partial charge in [-0.15, -0.1) is 0 Å². The molecule has 3 aromatic rings. The first-order valence-electron chi connectivity index (χ1n) is 10.3. The Hall–Kier alpha value is -3.12. The molecule has 0 amide bonds. The van der Waals surface area contributed by atoms with Crippen LogP contribution in [0.25, 0.3) is 0 Å². The molecule has 0 bridgehead atoms. The van der Waals surface area contributed by atoms with E-state index in [1.165, 1.54) is 0 Å². The van der Waals surface area contributed by atoms with Gasteiger partial charge in [0.15, 0.2) is 0 Å². The summed E-state index contributed by atoms with van der Waals surface area (Å²) in [6.45, 7) is 4.12. The minimum Gasteiger partial charge on any atom is -0.466 e. The number of hydrogen-bond donors (Lipinski definition) is 0. The van der Waals surface area contributed by atoms with Crippen molar-refractivity contribution in [3.63, 3.8) is 0 Å². The van der Waals surface area contributed by atoms with Crippen molar-refractivity contribution in [3.8, 4) is 0 Å². The summed E-state index contributed by atoms with van der Waals surface area (Å²) in [5.41, 5.74) is 3.62. The molecule has 1 aromatic heterocycles. The number of pyridine rings is 1. The van der Waals surface area contributed by atoms with Gasteiger partial charge in [-0.3, -0.25) is 0 Å². The zero-order chi connectivity index (χ0) is 20.5. The Labute approximate surface area is 196 Å². The first-order chi connectivity index (χ1) is 14.7. The van der Waals surface area contributed by atoms with E-state index in [1.807, 2.05) is 54.6 Å². The highest BCUT2D eigenvalue weighted by Gasteiger charge is 2.32. The van der Waals surface area contributed by atoms with Gasteiger partial charge in [0.1, 0.15) is 23.6 Å². The summed E-state index contributed by atoms with van der Waals surface area (Å²) >= 11 is 0. The van der Waals surface area contributed by atoms with Crippen LogP contribution in [0.3, 0.4) is 0 Å². The Morgan fingerprint density at radius 1 is 0.594 bits per heavy atom. The second kappa shape index (κ2) is 10.0. The molecule has 6 heteroatoms. The fraction of sp³-hybridized carbons (Fsp3) is 0.269. The van der Waals surface area contributed by atoms with Crippen LogP contribution in [0.1, 0.15) is 56.0 Å². The highest BCUT2D eigenvalue weighted by atomic mass is 32.1. The number of ether oxygens (including phenoxy) is 2. The van der Waals surface area contributed by atoms with Gasteiger partial charge >= 0.3 is 0 Å². The number of benzene rings is 2. The van der Waals surface area contributed by atoms with Gasteiger partial charge in [-0.2, -0.15) is 13.5 Å². The Balaban J connectivity index is 0.00000144. The first kappa shape index (κ1) is 23.5. The van der Waals surface area contributed by atoms with Crippen molar-refractivity contribution in [2.75, 3.05) is 0 Å². The van der Waals surface area contributed by atoms with Crippen molar-refractivity contribution >= 4 is 25.3 Å². The molecule has 0 saturated carbocycles. The van der Waals surface area contributed by atoms with Gasteiger partial charge < -0.3 is 9.47 Å². The standard InChI is InChI=1S/C25H23N3O2.CH4.H2S/c1-16-22(18-10-5-3-6-11-18)29-24(26-16)20-14-9-15-21(28-20)25-27-17(2)23(30-25)19-12-7-4-8-13-19;;/h3-17,22-23H,1-2H3;1H4;1H2/t16-,17-,22+,23+;;/m0../s1. The highest BCUT2D eigenvalue weighted by molar-refractivity contribution is 7.59. The molecule has 32 heavy (non-hydrogen) atoms. The van der Waals surface area contributed by atoms with E-state index in [0.29, 0.717) is 23.2 Å². The van der Waals surface area contributed by atoms with Crippen LogP contribution in [0.2, 0.25) is 0 Å². The summed E-state index contributed by atoms with van der Waals surface area (Å²) in [5, 5.41) is 0. The zero-order valence-corrected chi connectivity index (χ0v) is 18.5. The van der Waals surface area contributed by atoms with Gasteiger partial charge in [0.05, 0.1) is 12.1 Å². The van der Waals surface area contributed by atoms with E-state index < -0.39 is 0 Å². The lowest BCUT2D eigenvalue weighted by Gasteiger charge is -2.15. The lowest BCUT2D eigenvalue weighted by Crippen LogP contribution is -2.13. The normalized spacial score (nSPS) is 23.7. The van der Waals surface area contributed by atoms with Crippen molar-refractivity contribution in [1.29, 1.82) is 0 Å². The molecule has 3 heterocycles. The molecule has 0 aliphatic carbocycles. The summed E-state index contributed by atoms with van der Waals surface area (Å²) < 4.78 is 12.4. The summed E-state index contributed by atoms with van der Waals surface area (Å²) in [7, 11) is 0. The SMILES string of the molecule is C.C[C@@H]1N=C(c2cccc(C3=N[C@@H](C)[C@H](c4ccccc4)O3)n2)O[C@H]1c1ccccc1.S. The van der Waals surface area contributed by atoms with Gasteiger partial charge in [0, 0.05) is 0 Å². The maximum Gasteiger partial charge on any atom is 0.236 e. The third-order valence-corrected chi connectivity index (χ3v) is 5.44. The molecule has 0 fully saturated rings. The predicted molar refractivity (Wildman–Crippen MR) is 134 cm³/mol. The minimum atomic E-state index is -0.103. The topological polar surface area (TPSA) is 56.1 Å². The van der Waals surface area contributed by atoms with Crippen LogP contribution in [-0.2, 0) is 9.47 Å². The lowest BCUT2D eigenvalue weighted by atomic mass is 10.0. The fourth-order valence-corrected chi connectivity index (χ4v) is 3.91. The summed E-state index contributed by atoms with van der Waals surface area (Å²) in [5.74, 6) is 1.12. The maximum atomic E-state index is 6.18. The fourth-order valence-electron chi connectivity index (χ4n) is 3.91. The molecule has 5 nitrogen and oxygen atoms in total. The van der Waals surface area contributed by atoms with Crippen LogP contribution in [0.15, 0.2) is 88.8 Å². The van der Waals surface area contributed by atoms with Crippen molar-refractivity contribution in [3.05, 3.63) is 101 Å². The Morgan fingerprint density at radius 3 is 1.41 bits per heavy atom. The van der Waals surface area contributed by atoms with Gasteiger partial charge in [-0.05, 0) is 37.1 Å². The smallest absolute Gasteiger partial charge is 0.236 e. The molecular formula is C26H29N3O2S. The lowest BCUT2D eigenvalue weighted by molar-refractivity contribution is 0.201. The van der Waals surface area contributed by atoms with Crippen LogP contribution < -0.4 is 0 Å². The quantitative estimate of drug-likeness (QED) is 0.520. The number of aromatic nitrogens is 1. The van der Waals surface area contributed by atoms with E-state index in [1.54, 1.807) is 0 Å². The van der Waals surface area contributed by atoms with Crippen molar-refractivity contribution in [2.24, 2.45) is 9.98 Å². The molecule has 0 N–H and O–H groups in total. The second-order valence-electron chi connectivity index (χ2n) is 7.66. The van der Waals surface area contributed by atoms with Crippen LogP contribution in [0.4, 0.5) is 0 Å². The third kappa shape index (κ3) is 4.55. The molecule has 166 valence electrons. The van der Waals surface area contributed by atoms with E-state index in [4.69, 9.17) is 24.4 Å². The van der Waals surface area contributed by atoms with E-state index in [0.717, 1.165) is 11.1 Å². The van der Waals surface area contributed by atoms with Crippen LogP contribution in [-0.4, -0.2) is 28.9 Å². The highest BCUT2D eigenvalue weighted by Crippen LogP contribution is 2.32. The van der Waals surface area contributed by atoms with Gasteiger partial charge in [-0.25, -0.2) is 15.0 Å². The number of rotatable bonds is 4. The van der Waals surface area contributed by atoms with Crippen molar-refractivity contribution in [2.45, 2.75) is 45.6 Å². The summed E-state index contributed by atoms with van der Waals surface area (Å²) in [6.07, 6.45) is -0.205. The van der Waals surface area contributed by atoms with E-state index >= 15 is 0 Å². The van der Waals surface area contributed by atoms with Crippen molar-refractivity contribution < 1.29 is 9.47 Å². The molecule has 2 aliphatic heterocycles. The number of hydrogen-bond acceptors (Lipinski definition) is 5. The van der Waals surface area contributed by atoms with E-state index in [9.17, 15) is 0 Å².